The molecule has 0 spiro atoms. The van der Waals surface area contributed by atoms with Crippen molar-refractivity contribution >= 4 is 31.1 Å². The number of hydrogen-bond donors (Lipinski definition) is 0. The number of hydrogen-bond acceptors (Lipinski definition) is 0. The fourth-order valence-corrected chi connectivity index (χ4v) is 0. The van der Waals surface area contributed by atoms with Gasteiger partial charge in [0.15, 0.2) is 0 Å². The molecule has 0 aromatic heterocycles. The summed E-state index contributed by atoms with van der Waals surface area (Å²) in [5.41, 5.74) is 0. The topological polar surface area (TPSA) is 0 Å². The van der Waals surface area contributed by atoms with E-state index in [9.17, 15) is 21.1 Å². The molecular formula is H2Al2F6Na2. The first-order valence-electron chi connectivity index (χ1n) is 1.31. The first-order valence-corrected chi connectivity index (χ1v) is 3.93. The molecule has 0 N–H and O–H groups in total. The van der Waals surface area contributed by atoms with Crippen molar-refractivity contribution < 1.29 is 83.1 Å². The molecule has 0 fully saturated rings. The molecule has 0 aromatic carbocycles. The van der Waals surface area contributed by atoms with E-state index in [1.54, 1.807) is 0 Å². The largest absolute Gasteiger partial charge is 1.04 e. The molecule has 0 saturated carbocycles. The van der Waals surface area contributed by atoms with Crippen LogP contribution in [0.15, 0.2) is 0 Å². The average Bonchev–Trinajstić information content (AvgIpc) is 1.25. The molecule has 0 radical (unpaired) electrons. The van der Waals surface area contributed by atoms with E-state index in [1.807, 2.05) is 0 Å². The Bertz CT molecular complexity index is 37.0. The number of rotatable bonds is 0. The van der Waals surface area contributed by atoms with Crippen LogP contribution in [0.5, 0.6) is 0 Å². The summed E-state index contributed by atoms with van der Waals surface area (Å²) in [6.07, 6.45) is 0. The van der Waals surface area contributed by atoms with Crippen molar-refractivity contribution in [2.24, 2.45) is 0 Å². The van der Waals surface area contributed by atoms with E-state index in [-0.39, 0.29) is 62.0 Å². The minimum absolute atomic E-state index is 0. The average molecular weight is 216 g/mol. The Hall–Kier alpha value is 2.64. The van der Waals surface area contributed by atoms with E-state index >= 15 is 0 Å². The maximum absolute atomic E-state index is 9.81. The van der Waals surface area contributed by atoms with Gasteiger partial charge in [0.25, 0.3) is 0 Å². The first-order chi connectivity index (χ1) is 3.46. The second kappa shape index (κ2) is 17.7. The van der Waals surface area contributed by atoms with Gasteiger partial charge >= 0.3 is 90.2 Å². The van der Waals surface area contributed by atoms with Crippen LogP contribution in [0.4, 0.5) is 21.1 Å². The number of halogens is 6. The van der Waals surface area contributed by atoms with Crippen molar-refractivity contribution in [3.63, 3.8) is 0 Å². The van der Waals surface area contributed by atoms with Crippen molar-refractivity contribution in [2.75, 3.05) is 0 Å². The fourth-order valence-electron chi connectivity index (χ4n) is 0. The summed E-state index contributed by atoms with van der Waals surface area (Å²) in [6, 6.07) is 0. The van der Waals surface area contributed by atoms with E-state index in [0.29, 0.717) is 0 Å². The van der Waals surface area contributed by atoms with Crippen LogP contribution < -0.4 is 59.1 Å². The third kappa shape index (κ3) is 142. The van der Waals surface area contributed by atoms with Gasteiger partial charge in [-0.3, -0.25) is 0 Å². The molecule has 0 aliphatic carbocycles. The van der Waals surface area contributed by atoms with Crippen LogP contribution in [0.2, 0.25) is 0 Å². The first kappa shape index (κ1) is 22.9. The van der Waals surface area contributed by atoms with Gasteiger partial charge < -0.3 is 24.0 Å². The Morgan fingerprint density at radius 3 is 0.600 bits per heavy atom. The summed E-state index contributed by atoms with van der Waals surface area (Å²) in [6.45, 7) is 0. The Morgan fingerprint density at radius 1 is 0.600 bits per heavy atom. The third-order valence-corrected chi connectivity index (χ3v) is 0. The molecule has 52 valence electrons. The molecule has 0 amide bonds. The molecular weight excluding hydrogens is 214 g/mol. The van der Waals surface area contributed by atoms with Gasteiger partial charge in [-0.2, -0.15) is 0 Å². The molecule has 0 saturated heterocycles. The zero-order valence-electron chi connectivity index (χ0n) is 7.42. The second-order valence-corrected chi connectivity index (χ2v) is 1.48. The van der Waals surface area contributed by atoms with Crippen LogP contribution in [0.1, 0.15) is 2.85 Å². The summed E-state index contributed by atoms with van der Waals surface area (Å²) in [5, 5.41) is 0. The molecule has 0 aliphatic heterocycles. The molecule has 10 heteroatoms. The van der Waals surface area contributed by atoms with Crippen LogP contribution in [-0.2, 0) is 0 Å². The van der Waals surface area contributed by atoms with E-state index in [2.05, 4.69) is 0 Å². The Labute approximate surface area is 113 Å². The van der Waals surface area contributed by atoms with Gasteiger partial charge in [0, 0.05) is 0 Å². The summed E-state index contributed by atoms with van der Waals surface area (Å²) < 4.78 is 58.8. The Morgan fingerprint density at radius 2 is 0.600 bits per heavy atom. The summed E-state index contributed by atoms with van der Waals surface area (Å²) in [7, 11) is 0. The van der Waals surface area contributed by atoms with E-state index in [1.165, 1.54) is 0 Å². The van der Waals surface area contributed by atoms with E-state index in [4.69, 9.17) is 0 Å². The third-order valence-electron chi connectivity index (χ3n) is 0. The van der Waals surface area contributed by atoms with Gasteiger partial charge in [-0.1, -0.05) is 0 Å². The smallest absolute Gasteiger partial charge is 1.00 e. The molecule has 0 heterocycles. The van der Waals surface area contributed by atoms with Crippen molar-refractivity contribution in [1.82, 2.24) is 0 Å². The zero-order chi connectivity index (χ0) is 7.15. The van der Waals surface area contributed by atoms with E-state index < -0.39 is 31.1 Å². The van der Waals surface area contributed by atoms with Crippen molar-refractivity contribution in [2.45, 2.75) is 0 Å². The van der Waals surface area contributed by atoms with Gasteiger partial charge in [0.1, 0.15) is 0 Å². The van der Waals surface area contributed by atoms with Gasteiger partial charge in [-0.05, 0) is 0 Å². The minimum atomic E-state index is -4.64. The van der Waals surface area contributed by atoms with Crippen molar-refractivity contribution in [1.29, 1.82) is 0 Å². The zero-order valence-corrected chi connectivity index (χ0v) is 11.7. The van der Waals surface area contributed by atoms with Gasteiger partial charge in [-0.15, -0.1) is 0 Å². The predicted molar refractivity (Wildman–Crippen MR) is 20.4 cm³/mol. The normalized spacial score (nSPS) is 5.40. The second-order valence-electron chi connectivity index (χ2n) is 0.495. The Kier molecular flexibility index (Phi) is 40.5. The predicted octanol–water partition coefficient (Wildman–Crippen LogP) is -4.01. The molecule has 0 nitrogen and oxygen atoms in total. The maximum atomic E-state index is 9.81. The summed E-state index contributed by atoms with van der Waals surface area (Å²) in [5.74, 6) is 0. The standard InChI is InChI=1S/2Al.6FH.2Na.2H/h;;6*1H;;;;/q2*+3;;;;;;;2*+1;2*-1/p-6. The van der Waals surface area contributed by atoms with Crippen LogP contribution in [0, 0.1) is 0 Å². The Balaban J connectivity index is -0.0000000112. The quantitative estimate of drug-likeness (QED) is 0.286. The molecule has 10 heavy (non-hydrogen) atoms. The van der Waals surface area contributed by atoms with Gasteiger partial charge in [0.05, 0.1) is 0 Å². The molecule has 0 aliphatic rings. The molecule has 0 aromatic rings. The van der Waals surface area contributed by atoms with Crippen molar-refractivity contribution in [3.05, 3.63) is 0 Å². The molecule has 0 rings (SSSR count). The van der Waals surface area contributed by atoms with Crippen LogP contribution in [0.3, 0.4) is 0 Å². The van der Waals surface area contributed by atoms with Crippen LogP contribution in [-0.4, -0.2) is 31.1 Å². The maximum Gasteiger partial charge on any atom is 1.04 e. The fraction of sp³-hybridized carbons (Fsp3) is 0. The summed E-state index contributed by atoms with van der Waals surface area (Å²) >= 11 is -9.28. The van der Waals surface area contributed by atoms with Crippen molar-refractivity contribution in [3.8, 4) is 0 Å². The summed E-state index contributed by atoms with van der Waals surface area (Å²) in [4.78, 5) is 0. The van der Waals surface area contributed by atoms with Crippen LogP contribution >= 0.6 is 0 Å². The van der Waals surface area contributed by atoms with Gasteiger partial charge in [0.2, 0.25) is 0 Å². The minimum Gasteiger partial charge on any atom is -1.00 e. The van der Waals surface area contributed by atoms with Gasteiger partial charge in [-0.25, -0.2) is 0 Å². The van der Waals surface area contributed by atoms with Crippen LogP contribution in [0.25, 0.3) is 0 Å². The molecule has 0 atom stereocenters. The molecule has 0 unspecified atom stereocenters. The monoisotopic (exact) mass is 216 g/mol. The van der Waals surface area contributed by atoms with E-state index in [0.717, 1.165) is 0 Å². The molecule has 0 bridgehead atoms. The SMILES string of the molecule is [F][Al]([F])[F].[F][Al]([F])[F].[H-].[H-].[Na+].[Na+].